The number of sulfonamides is 1. The minimum Gasteiger partial charge on any atom is -0.399 e. The largest absolute Gasteiger partial charge is 0.399 e. The van der Waals surface area contributed by atoms with E-state index in [4.69, 9.17) is 16.1 Å². The minimum atomic E-state index is -3.83. The molecule has 1 aromatic carbocycles. The Morgan fingerprint density at radius 3 is 2.72 bits per heavy atom. The maximum atomic E-state index is 12.0. The fourth-order valence-corrected chi connectivity index (χ4v) is 2.85. The van der Waals surface area contributed by atoms with Gasteiger partial charge in [0.1, 0.15) is 6.07 Å². The SMILES string of the molecule is CC[C@@H](CO)NS(=O)(=O)c1ccc(N)cc1C#N. The smallest absolute Gasteiger partial charge is 0.242 e. The molecule has 0 amide bonds. The van der Waals surface area contributed by atoms with Gasteiger partial charge in [0, 0.05) is 11.7 Å². The van der Waals surface area contributed by atoms with E-state index in [1.165, 1.54) is 18.2 Å². The molecule has 0 radical (unpaired) electrons. The van der Waals surface area contributed by atoms with Gasteiger partial charge >= 0.3 is 0 Å². The molecule has 0 saturated heterocycles. The number of nitrogens with one attached hydrogen (secondary N) is 1. The molecule has 0 aliphatic heterocycles. The third kappa shape index (κ3) is 3.20. The average Bonchev–Trinajstić information content (AvgIpc) is 2.35. The second-order valence-corrected chi connectivity index (χ2v) is 5.46. The van der Waals surface area contributed by atoms with Crippen LogP contribution in [0.4, 0.5) is 5.69 Å². The molecule has 98 valence electrons. The van der Waals surface area contributed by atoms with Gasteiger partial charge in [-0.1, -0.05) is 6.92 Å². The van der Waals surface area contributed by atoms with E-state index in [1.54, 1.807) is 13.0 Å². The first kappa shape index (κ1) is 14.4. The summed E-state index contributed by atoms with van der Waals surface area (Å²) in [5.74, 6) is 0. The zero-order chi connectivity index (χ0) is 13.8. The Morgan fingerprint density at radius 1 is 1.56 bits per heavy atom. The summed E-state index contributed by atoms with van der Waals surface area (Å²) in [6.07, 6.45) is 0.451. The highest BCUT2D eigenvalue weighted by atomic mass is 32.2. The Bertz CT molecular complexity index is 559. The molecule has 0 aliphatic carbocycles. The van der Waals surface area contributed by atoms with Crippen molar-refractivity contribution in [1.82, 2.24) is 4.72 Å². The van der Waals surface area contributed by atoms with Gasteiger partial charge in [-0.25, -0.2) is 13.1 Å². The standard InChI is InChI=1S/C11H15N3O3S/c1-2-10(7-15)14-18(16,17)11-4-3-9(13)5-8(11)6-12/h3-5,10,14-15H,2,7,13H2,1H3/t10-/m0/s1. The van der Waals surface area contributed by atoms with Gasteiger partial charge in [0.15, 0.2) is 0 Å². The molecule has 4 N–H and O–H groups in total. The maximum absolute atomic E-state index is 12.0. The van der Waals surface area contributed by atoms with Crippen LogP contribution >= 0.6 is 0 Å². The molecule has 0 bridgehead atoms. The fraction of sp³-hybridized carbons (Fsp3) is 0.364. The van der Waals surface area contributed by atoms with Gasteiger partial charge in [-0.3, -0.25) is 0 Å². The Labute approximate surface area is 106 Å². The van der Waals surface area contributed by atoms with Crippen molar-refractivity contribution in [2.75, 3.05) is 12.3 Å². The van der Waals surface area contributed by atoms with Gasteiger partial charge in [-0.05, 0) is 24.6 Å². The van der Waals surface area contributed by atoms with E-state index >= 15 is 0 Å². The van der Waals surface area contributed by atoms with Crippen molar-refractivity contribution in [3.63, 3.8) is 0 Å². The van der Waals surface area contributed by atoms with Gasteiger partial charge in [-0.15, -0.1) is 0 Å². The lowest BCUT2D eigenvalue weighted by molar-refractivity contribution is 0.254. The molecule has 6 nitrogen and oxygen atoms in total. The van der Waals surface area contributed by atoms with E-state index in [0.29, 0.717) is 12.1 Å². The van der Waals surface area contributed by atoms with Gasteiger partial charge < -0.3 is 10.8 Å². The minimum absolute atomic E-state index is 0.0182. The molecule has 0 spiro atoms. The number of nitriles is 1. The summed E-state index contributed by atoms with van der Waals surface area (Å²) in [5.41, 5.74) is 5.79. The topological polar surface area (TPSA) is 116 Å². The van der Waals surface area contributed by atoms with Crippen LogP contribution in [0.3, 0.4) is 0 Å². The lowest BCUT2D eigenvalue weighted by Crippen LogP contribution is -2.37. The van der Waals surface area contributed by atoms with Crippen LogP contribution in [0.25, 0.3) is 0 Å². The molecule has 1 aromatic rings. The normalized spacial score (nSPS) is 12.9. The zero-order valence-electron chi connectivity index (χ0n) is 9.92. The van der Waals surface area contributed by atoms with E-state index in [0.717, 1.165) is 0 Å². The molecule has 0 fully saturated rings. The molecule has 7 heteroatoms. The monoisotopic (exact) mass is 269 g/mol. The molecule has 0 aromatic heterocycles. The molecular weight excluding hydrogens is 254 g/mol. The van der Waals surface area contributed by atoms with Crippen LogP contribution in [-0.4, -0.2) is 26.2 Å². The van der Waals surface area contributed by atoms with Crippen LogP contribution in [0.15, 0.2) is 23.1 Å². The first-order valence-electron chi connectivity index (χ1n) is 5.37. The van der Waals surface area contributed by atoms with E-state index in [1.807, 2.05) is 0 Å². The summed E-state index contributed by atoms with van der Waals surface area (Å²) in [5, 5.41) is 17.9. The van der Waals surface area contributed by atoms with Crippen LogP contribution in [0.5, 0.6) is 0 Å². The average molecular weight is 269 g/mol. The van der Waals surface area contributed by atoms with Gasteiger partial charge in [0.2, 0.25) is 10.0 Å². The van der Waals surface area contributed by atoms with E-state index < -0.39 is 16.1 Å². The van der Waals surface area contributed by atoms with Crippen molar-refractivity contribution in [2.24, 2.45) is 0 Å². The Morgan fingerprint density at radius 2 is 2.22 bits per heavy atom. The maximum Gasteiger partial charge on any atom is 0.242 e. The van der Waals surface area contributed by atoms with Crippen LogP contribution in [-0.2, 0) is 10.0 Å². The predicted molar refractivity (Wildman–Crippen MR) is 67.1 cm³/mol. The number of hydrogen-bond donors (Lipinski definition) is 3. The second kappa shape index (κ2) is 5.82. The summed E-state index contributed by atoms with van der Waals surface area (Å²) in [6.45, 7) is 1.45. The van der Waals surface area contributed by atoms with Gasteiger partial charge in [-0.2, -0.15) is 5.26 Å². The van der Waals surface area contributed by atoms with E-state index in [9.17, 15) is 8.42 Å². The number of nitrogens with two attached hydrogens (primary N) is 1. The summed E-state index contributed by atoms with van der Waals surface area (Å²) < 4.78 is 26.4. The molecule has 1 atom stereocenters. The first-order chi connectivity index (χ1) is 8.44. The number of rotatable bonds is 5. The van der Waals surface area contributed by atoms with Crippen molar-refractivity contribution >= 4 is 15.7 Å². The third-order valence-corrected chi connectivity index (χ3v) is 4.03. The summed E-state index contributed by atoms with van der Waals surface area (Å²) in [7, 11) is -3.83. The van der Waals surface area contributed by atoms with Crippen molar-refractivity contribution in [3.05, 3.63) is 23.8 Å². The fourth-order valence-electron chi connectivity index (χ4n) is 1.40. The zero-order valence-corrected chi connectivity index (χ0v) is 10.7. The molecule has 0 unspecified atom stereocenters. The summed E-state index contributed by atoms with van der Waals surface area (Å²) in [4.78, 5) is -0.133. The molecular formula is C11H15N3O3S. The van der Waals surface area contributed by atoms with Gasteiger partial charge in [0.05, 0.1) is 17.1 Å². The summed E-state index contributed by atoms with van der Waals surface area (Å²) >= 11 is 0. The lowest BCUT2D eigenvalue weighted by atomic mass is 10.2. The van der Waals surface area contributed by atoms with Crippen LogP contribution in [0, 0.1) is 11.3 Å². The van der Waals surface area contributed by atoms with Crippen LogP contribution < -0.4 is 10.5 Å². The molecule has 0 heterocycles. The van der Waals surface area contributed by atoms with Crippen molar-refractivity contribution in [1.29, 1.82) is 5.26 Å². The van der Waals surface area contributed by atoms with Crippen molar-refractivity contribution in [3.8, 4) is 6.07 Å². The molecule has 1 rings (SSSR count). The molecule has 0 saturated carbocycles. The summed E-state index contributed by atoms with van der Waals surface area (Å²) in [6, 6.07) is 5.21. The Kier molecular flexibility index (Phi) is 4.67. The van der Waals surface area contributed by atoms with E-state index in [-0.39, 0.29) is 17.1 Å². The number of anilines is 1. The number of nitrogens with zero attached hydrogens (tertiary/aromatic N) is 1. The lowest BCUT2D eigenvalue weighted by Gasteiger charge is -2.15. The van der Waals surface area contributed by atoms with Gasteiger partial charge in [0.25, 0.3) is 0 Å². The van der Waals surface area contributed by atoms with E-state index in [2.05, 4.69) is 4.72 Å². The highest BCUT2D eigenvalue weighted by Gasteiger charge is 2.21. The third-order valence-electron chi connectivity index (χ3n) is 2.45. The Balaban J connectivity index is 3.17. The number of aliphatic hydroxyl groups excluding tert-OH is 1. The first-order valence-corrected chi connectivity index (χ1v) is 6.85. The Hall–Kier alpha value is -1.62. The van der Waals surface area contributed by atoms with Crippen LogP contribution in [0.1, 0.15) is 18.9 Å². The van der Waals surface area contributed by atoms with Crippen molar-refractivity contribution < 1.29 is 13.5 Å². The molecule has 18 heavy (non-hydrogen) atoms. The van der Waals surface area contributed by atoms with Crippen molar-refractivity contribution in [2.45, 2.75) is 24.3 Å². The number of aliphatic hydroxyl groups is 1. The number of benzene rings is 1. The van der Waals surface area contributed by atoms with Crippen LogP contribution in [0.2, 0.25) is 0 Å². The quantitative estimate of drug-likeness (QED) is 0.660. The second-order valence-electron chi connectivity index (χ2n) is 3.78. The highest BCUT2D eigenvalue weighted by Crippen LogP contribution is 2.18. The molecule has 0 aliphatic rings. The predicted octanol–water partition coefficient (Wildman–Crippen LogP) is 0.190. The number of nitrogen functional groups attached to an aromatic ring is 1. The highest BCUT2D eigenvalue weighted by molar-refractivity contribution is 7.89. The number of hydrogen-bond acceptors (Lipinski definition) is 5.